The van der Waals surface area contributed by atoms with Crippen molar-refractivity contribution in [3.8, 4) is 0 Å². The number of imidazole rings is 1. The summed E-state index contributed by atoms with van der Waals surface area (Å²) in [5, 5.41) is 11.7. The van der Waals surface area contributed by atoms with Crippen LogP contribution in [0.2, 0.25) is 0 Å². The van der Waals surface area contributed by atoms with Gasteiger partial charge in [0.2, 0.25) is 5.91 Å². The molecule has 1 unspecified atom stereocenters. The van der Waals surface area contributed by atoms with Gasteiger partial charge in [-0.3, -0.25) is 14.5 Å². The standard InChI is InChI=1S/C11H16N4O3/c1-2-14-4-3-12-9(14)6-15-7-10(16)13-5-8(15)11(17)18/h3-4,8H,2,5-7H2,1H3,(H,13,16)(H,17,18). The normalized spacial score (nSPS) is 20.7. The molecular weight excluding hydrogens is 236 g/mol. The van der Waals surface area contributed by atoms with E-state index in [1.54, 1.807) is 11.1 Å². The molecule has 1 atom stereocenters. The number of aliphatic carboxylic acids is 1. The first-order valence-electron chi connectivity index (χ1n) is 5.85. The van der Waals surface area contributed by atoms with Crippen LogP contribution in [0.5, 0.6) is 0 Å². The molecule has 7 heteroatoms. The maximum Gasteiger partial charge on any atom is 0.322 e. The second-order valence-corrected chi connectivity index (χ2v) is 4.19. The quantitative estimate of drug-likeness (QED) is 0.739. The van der Waals surface area contributed by atoms with Crippen LogP contribution >= 0.6 is 0 Å². The predicted molar refractivity (Wildman–Crippen MR) is 62.7 cm³/mol. The van der Waals surface area contributed by atoms with Crippen LogP contribution in [-0.4, -0.2) is 50.6 Å². The van der Waals surface area contributed by atoms with Crippen LogP contribution in [0, 0.1) is 0 Å². The highest BCUT2D eigenvalue weighted by molar-refractivity contribution is 5.83. The Hall–Kier alpha value is -1.89. The number of carboxylic acid groups (broad SMARTS) is 1. The van der Waals surface area contributed by atoms with Crippen LogP contribution in [0.1, 0.15) is 12.7 Å². The zero-order valence-corrected chi connectivity index (χ0v) is 10.2. The number of carboxylic acids is 1. The van der Waals surface area contributed by atoms with Gasteiger partial charge in [-0.2, -0.15) is 0 Å². The molecule has 0 aliphatic carbocycles. The average Bonchev–Trinajstić information content (AvgIpc) is 2.76. The Bertz CT molecular complexity index is 457. The van der Waals surface area contributed by atoms with Crippen molar-refractivity contribution < 1.29 is 14.7 Å². The molecule has 1 fully saturated rings. The van der Waals surface area contributed by atoms with Gasteiger partial charge in [-0.05, 0) is 6.92 Å². The van der Waals surface area contributed by atoms with Crippen LogP contribution in [0.25, 0.3) is 0 Å². The van der Waals surface area contributed by atoms with E-state index >= 15 is 0 Å². The Morgan fingerprint density at radius 1 is 1.67 bits per heavy atom. The number of carbonyl (C=O) groups is 2. The van der Waals surface area contributed by atoms with Gasteiger partial charge >= 0.3 is 5.97 Å². The maximum absolute atomic E-state index is 11.4. The van der Waals surface area contributed by atoms with Crippen molar-refractivity contribution in [3.05, 3.63) is 18.2 Å². The highest BCUT2D eigenvalue weighted by Gasteiger charge is 2.32. The summed E-state index contributed by atoms with van der Waals surface area (Å²) in [6.45, 7) is 3.36. The lowest BCUT2D eigenvalue weighted by molar-refractivity contribution is -0.146. The van der Waals surface area contributed by atoms with E-state index in [9.17, 15) is 9.59 Å². The van der Waals surface area contributed by atoms with E-state index in [2.05, 4.69) is 10.3 Å². The topological polar surface area (TPSA) is 87.5 Å². The smallest absolute Gasteiger partial charge is 0.322 e. The number of piperazine rings is 1. The van der Waals surface area contributed by atoms with Crippen LogP contribution < -0.4 is 5.32 Å². The van der Waals surface area contributed by atoms with Crippen molar-refractivity contribution in [1.82, 2.24) is 19.8 Å². The van der Waals surface area contributed by atoms with Crippen molar-refractivity contribution in [2.24, 2.45) is 0 Å². The van der Waals surface area contributed by atoms with E-state index in [0.717, 1.165) is 12.4 Å². The minimum atomic E-state index is -0.926. The molecule has 1 aliphatic heterocycles. The summed E-state index contributed by atoms with van der Waals surface area (Å²) >= 11 is 0. The van der Waals surface area contributed by atoms with Crippen molar-refractivity contribution in [2.45, 2.75) is 26.1 Å². The Kier molecular flexibility index (Phi) is 3.61. The third-order valence-electron chi connectivity index (χ3n) is 3.05. The molecule has 1 amide bonds. The summed E-state index contributed by atoms with van der Waals surface area (Å²) in [6.07, 6.45) is 3.52. The zero-order chi connectivity index (χ0) is 13.1. The molecule has 98 valence electrons. The number of aryl methyl sites for hydroxylation is 1. The second-order valence-electron chi connectivity index (χ2n) is 4.19. The molecule has 2 rings (SSSR count). The summed E-state index contributed by atoms with van der Waals surface area (Å²) in [6, 6.07) is -0.690. The van der Waals surface area contributed by atoms with E-state index in [4.69, 9.17) is 5.11 Å². The second kappa shape index (κ2) is 5.18. The maximum atomic E-state index is 11.4. The number of nitrogens with zero attached hydrogens (tertiary/aromatic N) is 3. The highest BCUT2D eigenvalue weighted by Crippen LogP contribution is 2.10. The third-order valence-corrected chi connectivity index (χ3v) is 3.05. The molecular formula is C11H16N4O3. The lowest BCUT2D eigenvalue weighted by Gasteiger charge is -2.32. The molecule has 0 radical (unpaired) electrons. The van der Waals surface area contributed by atoms with E-state index in [1.807, 2.05) is 17.7 Å². The molecule has 0 aromatic carbocycles. The van der Waals surface area contributed by atoms with Gasteiger partial charge in [-0.15, -0.1) is 0 Å². The van der Waals surface area contributed by atoms with E-state index < -0.39 is 12.0 Å². The number of nitrogens with one attached hydrogen (secondary N) is 1. The molecule has 18 heavy (non-hydrogen) atoms. The first-order valence-corrected chi connectivity index (χ1v) is 5.85. The van der Waals surface area contributed by atoms with Crippen LogP contribution in [-0.2, 0) is 22.7 Å². The summed E-state index contributed by atoms with van der Waals surface area (Å²) in [5.41, 5.74) is 0. The molecule has 1 aliphatic rings. The van der Waals surface area contributed by atoms with Gasteiger partial charge in [0, 0.05) is 25.5 Å². The van der Waals surface area contributed by atoms with Crippen LogP contribution in [0.15, 0.2) is 12.4 Å². The van der Waals surface area contributed by atoms with Gasteiger partial charge in [0.05, 0.1) is 13.1 Å². The fourth-order valence-electron chi connectivity index (χ4n) is 2.06. The lowest BCUT2D eigenvalue weighted by Crippen LogP contribution is -2.57. The molecule has 1 aromatic heterocycles. The predicted octanol–water partition coefficient (Wildman–Crippen LogP) is -0.712. The van der Waals surface area contributed by atoms with Gasteiger partial charge in [-0.1, -0.05) is 0 Å². The zero-order valence-electron chi connectivity index (χ0n) is 10.2. The third kappa shape index (κ3) is 2.51. The molecule has 0 saturated carbocycles. The molecule has 7 nitrogen and oxygen atoms in total. The Balaban J connectivity index is 2.13. The summed E-state index contributed by atoms with van der Waals surface area (Å²) in [4.78, 5) is 28.3. The summed E-state index contributed by atoms with van der Waals surface area (Å²) in [5.74, 6) is -0.301. The fourth-order valence-corrected chi connectivity index (χ4v) is 2.06. The number of rotatable bonds is 4. The lowest BCUT2D eigenvalue weighted by atomic mass is 10.2. The van der Waals surface area contributed by atoms with Crippen molar-refractivity contribution in [3.63, 3.8) is 0 Å². The largest absolute Gasteiger partial charge is 0.480 e. The van der Waals surface area contributed by atoms with Gasteiger partial charge in [0.1, 0.15) is 11.9 Å². The highest BCUT2D eigenvalue weighted by atomic mass is 16.4. The molecule has 2 heterocycles. The van der Waals surface area contributed by atoms with Crippen LogP contribution in [0.3, 0.4) is 0 Å². The monoisotopic (exact) mass is 252 g/mol. The average molecular weight is 252 g/mol. The number of hydrogen-bond donors (Lipinski definition) is 2. The Morgan fingerprint density at radius 3 is 3.11 bits per heavy atom. The van der Waals surface area contributed by atoms with Crippen molar-refractivity contribution in [2.75, 3.05) is 13.1 Å². The molecule has 1 aromatic rings. The Morgan fingerprint density at radius 2 is 2.44 bits per heavy atom. The van der Waals surface area contributed by atoms with E-state index in [0.29, 0.717) is 6.54 Å². The van der Waals surface area contributed by atoms with Crippen LogP contribution in [0.4, 0.5) is 0 Å². The minimum absolute atomic E-state index is 0.0908. The van der Waals surface area contributed by atoms with E-state index in [-0.39, 0.29) is 19.0 Å². The van der Waals surface area contributed by atoms with Gasteiger partial charge < -0.3 is 15.0 Å². The SMILES string of the molecule is CCn1ccnc1CN1CC(=O)NCC1C(=O)O. The molecule has 1 saturated heterocycles. The minimum Gasteiger partial charge on any atom is -0.480 e. The number of carbonyl (C=O) groups excluding carboxylic acids is 1. The first-order chi connectivity index (χ1) is 8.61. The van der Waals surface area contributed by atoms with Crippen molar-refractivity contribution in [1.29, 1.82) is 0 Å². The van der Waals surface area contributed by atoms with Crippen molar-refractivity contribution >= 4 is 11.9 Å². The number of amides is 1. The molecule has 0 bridgehead atoms. The van der Waals surface area contributed by atoms with Gasteiger partial charge in [0.15, 0.2) is 0 Å². The Labute approximate surface area is 104 Å². The molecule has 0 spiro atoms. The van der Waals surface area contributed by atoms with Gasteiger partial charge in [-0.25, -0.2) is 4.98 Å². The number of hydrogen-bond acceptors (Lipinski definition) is 4. The summed E-state index contributed by atoms with van der Waals surface area (Å²) in [7, 11) is 0. The number of aromatic nitrogens is 2. The molecule has 2 N–H and O–H groups in total. The first kappa shape index (κ1) is 12.6. The fraction of sp³-hybridized carbons (Fsp3) is 0.545. The van der Waals surface area contributed by atoms with E-state index in [1.165, 1.54) is 0 Å². The van der Waals surface area contributed by atoms with Gasteiger partial charge in [0.25, 0.3) is 0 Å². The summed E-state index contributed by atoms with van der Waals surface area (Å²) < 4.78 is 1.94.